The first kappa shape index (κ1) is 23.4. The standard InChI is InChI=1S/C25H30N4O3S/c26-17-23-11-4-5-12-24(23)33(31,32)29-15-13-28(14-16-29)25(30)20-27(19-22-9-6-10-22)18-21-7-2-1-3-8-21/h1-5,7-8,11-12,22H,6,9-10,13-16,18-20H2. The van der Waals surface area contributed by atoms with E-state index in [-0.39, 0.29) is 29.5 Å². The van der Waals surface area contributed by atoms with Gasteiger partial charge in [-0.25, -0.2) is 8.42 Å². The van der Waals surface area contributed by atoms with Gasteiger partial charge in [-0.3, -0.25) is 9.69 Å². The summed E-state index contributed by atoms with van der Waals surface area (Å²) in [7, 11) is -3.77. The van der Waals surface area contributed by atoms with Crippen molar-refractivity contribution in [1.82, 2.24) is 14.1 Å². The molecule has 1 saturated carbocycles. The van der Waals surface area contributed by atoms with Crippen LogP contribution in [0.15, 0.2) is 59.5 Å². The fourth-order valence-corrected chi connectivity index (χ4v) is 6.02. The van der Waals surface area contributed by atoms with Crippen molar-refractivity contribution >= 4 is 15.9 Å². The molecule has 0 radical (unpaired) electrons. The third-order valence-corrected chi connectivity index (χ3v) is 8.52. The van der Waals surface area contributed by atoms with Gasteiger partial charge in [-0.15, -0.1) is 0 Å². The van der Waals surface area contributed by atoms with Crippen LogP contribution in [0.4, 0.5) is 0 Å². The summed E-state index contributed by atoms with van der Waals surface area (Å²) in [5, 5.41) is 9.28. The Morgan fingerprint density at radius 3 is 2.30 bits per heavy atom. The van der Waals surface area contributed by atoms with Crippen molar-refractivity contribution < 1.29 is 13.2 Å². The summed E-state index contributed by atoms with van der Waals surface area (Å²) in [4.78, 5) is 17.1. The molecule has 8 heteroatoms. The molecule has 0 aromatic heterocycles. The molecule has 174 valence electrons. The molecule has 33 heavy (non-hydrogen) atoms. The quantitative estimate of drug-likeness (QED) is 0.597. The summed E-state index contributed by atoms with van der Waals surface area (Å²) in [6.45, 7) is 3.17. The van der Waals surface area contributed by atoms with Crippen LogP contribution in [0.25, 0.3) is 0 Å². The van der Waals surface area contributed by atoms with E-state index in [0.717, 1.165) is 13.1 Å². The highest BCUT2D eigenvalue weighted by molar-refractivity contribution is 7.89. The summed E-state index contributed by atoms with van der Waals surface area (Å²) in [6.07, 6.45) is 3.71. The highest BCUT2D eigenvalue weighted by atomic mass is 32.2. The fourth-order valence-electron chi connectivity index (χ4n) is 4.46. The maximum Gasteiger partial charge on any atom is 0.244 e. The van der Waals surface area contributed by atoms with E-state index in [0.29, 0.717) is 25.6 Å². The van der Waals surface area contributed by atoms with Crippen molar-refractivity contribution in [3.63, 3.8) is 0 Å². The minimum absolute atomic E-state index is 0.0295. The van der Waals surface area contributed by atoms with Crippen molar-refractivity contribution in [3.05, 3.63) is 65.7 Å². The van der Waals surface area contributed by atoms with Crippen LogP contribution in [-0.2, 0) is 21.4 Å². The predicted octanol–water partition coefficient (Wildman–Crippen LogP) is 2.69. The number of nitriles is 1. The summed E-state index contributed by atoms with van der Waals surface area (Å²) < 4.78 is 27.5. The average Bonchev–Trinajstić information content (AvgIpc) is 2.82. The maximum absolute atomic E-state index is 13.1. The van der Waals surface area contributed by atoms with E-state index in [1.54, 1.807) is 17.0 Å². The van der Waals surface area contributed by atoms with Gasteiger partial charge in [-0.05, 0) is 36.5 Å². The lowest BCUT2D eigenvalue weighted by Gasteiger charge is -2.36. The monoisotopic (exact) mass is 466 g/mol. The SMILES string of the molecule is N#Cc1ccccc1S(=O)(=O)N1CCN(C(=O)CN(Cc2ccccc2)CC2CCC2)CC1. The zero-order valence-electron chi connectivity index (χ0n) is 18.8. The lowest BCUT2D eigenvalue weighted by atomic mass is 9.85. The molecule has 0 bridgehead atoms. The van der Waals surface area contributed by atoms with Crippen molar-refractivity contribution in [3.8, 4) is 6.07 Å². The Labute approximate surface area is 196 Å². The minimum atomic E-state index is -3.77. The third kappa shape index (κ3) is 5.61. The zero-order valence-corrected chi connectivity index (χ0v) is 19.6. The number of rotatable bonds is 8. The topological polar surface area (TPSA) is 84.7 Å². The normalized spacial score (nSPS) is 17.5. The molecule has 2 aromatic carbocycles. The number of benzene rings is 2. The van der Waals surface area contributed by atoms with E-state index < -0.39 is 10.0 Å². The largest absolute Gasteiger partial charge is 0.339 e. The Morgan fingerprint density at radius 1 is 1.00 bits per heavy atom. The Balaban J connectivity index is 1.37. The van der Waals surface area contributed by atoms with Crippen LogP contribution in [0.5, 0.6) is 0 Å². The number of piperazine rings is 1. The van der Waals surface area contributed by atoms with E-state index in [1.807, 2.05) is 24.3 Å². The number of amides is 1. The van der Waals surface area contributed by atoms with Crippen LogP contribution in [0.1, 0.15) is 30.4 Å². The second-order valence-corrected chi connectivity index (χ2v) is 10.8. The summed E-state index contributed by atoms with van der Waals surface area (Å²) in [6, 6.07) is 18.4. The van der Waals surface area contributed by atoms with E-state index in [4.69, 9.17) is 0 Å². The molecule has 1 heterocycles. The number of nitrogens with zero attached hydrogens (tertiary/aromatic N) is 4. The van der Waals surface area contributed by atoms with Crippen LogP contribution >= 0.6 is 0 Å². The zero-order chi connectivity index (χ0) is 23.3. The minimum Gasteiger partial charge on any atom is -0.339 e. The lowest BCUT2D eigenvalue weighted by Crippen LogP contribution is -2.52. The van der Waals surface area contributed by atoms with Gasteiger partial charge in [0.15, 0.2) is 0 Å². The van der Waals surface area contributed by atoms with Gasteiger partial charge >= 0.3 is 0 Å². The number of carbonyl (C=O) groups is 1. The molecule has 7 nitrogen and oxygen atoms in total. The molecule has 1 saturated heterocycles. The molecule has 2 aromatic rings. The molecular weight excluding hydrogens is 436 g/mol. The van der Waals surface area contributed by atoms with Crippen molar-refractivity contribution in [2.75, 3.05) is 39.3 Å². The first-order valence-electron chi connectivity index (χ1n) is 11.5. The van der Waals surface area contributed by atoms with Crippen molar-refractivity contribution in [2.45, 2.75) is 30.7 Å². The van der Waals surface area contributed by atoms with Crippen LogP contribution in [-0.4, -0.2) is 67.7 Å². The molecule has 0 unspecified atom stereocenters. The highest BCUT2D eigenvalue weighted by Crippen LogP contribution is 2.28. The first-order chi connectivity index (χ1) is 16.0. The van der Waals surface area contributed by atoms with Gasteiger partial charge in [-0.1, -0.05) is 48.9 Å². The lowest BCUT2D eigenvalue weighted by molar-refractivity contribution is -0.134. The molecule has 2 fully saturated rings. The second kappa shape index (κ2) is 10.5. The molecule has 1 aliphatic carbocycles. The number of hydrogen-bond donors (Lipinski definition) is 0. The predicted molar refractivity (Wildman–Crippen MR) is 126 cm³/mol. The molecule has 0 N–H and O–H groups in total. The maximum atomic E-state index is 13.1. The van der Waals surface area contributed by atoms with Gasteiger partial charge in [0.2, 0.25) is 15.9 Å². The fraction of sp³-hybridized carbons (Fsp3) is 0.440. The van der Waals surface area contributed by atoms with Gasteiger partial charge in [0, 0.05) is 39.3 Å². The molecule has 2 aliphatic rings. The van der Waals surface area contributed by atoms with Gasteiger partial charge in [0.1, 0.15) is 6.07 Å². The average molecular weight is 467 g/mol. The first-order valence-corrected chi connectivity index (χ1v) is 12.9. The van der Waals surface area contributed by atoms with Gasteiger partial charge in [0.05, 0.1) is 17.0 Å². The third-order valence-electron chi connectivity index (χ3n) is 6.57. The molecule has 4 rings (SSSR count). The Hall–Kier alpha value is -2.73. The number of sulfonamides is 1. The second-order valence-electron chi connectivity index (χ2n) is 8.84. The van der Waals surface area contributed by atoms with Crippen molar-refractivity contribution in [2.24, 2.45) is 5.92 Å². The molecule has 0 spiro atoms. The Kier molecular flexibility index (Phi) is 7.43. The Morgan fingerprint density at radius 2 is 1.67 bits per heavy atom. The molecule has 1 amide bonds. The van der Waals surface area contributed by atoms with E-state index in [9.17, 15) is 18.5 Å². The number of hydrogen-bond acceptors (Lipinski definition) is 5. The molecule has 1 aliphatic heterocycles. The van der Waals surface area contributed by atoms with Gasteiger partial charge in [0.25, 0.3) is 0 Å². The van der Waals surface area contributed by atoms with E-state index >= 15 is 0 Å². The molecular formula is C25H30N4O3S. The van der Waals surface area contributed by atoms with E-state index in [1.165, 1.54) is 41.3 Å². The summed E-state index contributed by atoms with van der Waals surface area (Å²) in [5.74, 6) is 0.698. The highest BCUT2D eigenvalue weighted by Gasteiger charge is 2.32. The van der Waals surface area contributed by atoms with Crippen LogP contribution in [0, 0.1) is 17.2 Å². The Bertz CT molecular complexity index is 1100. The van der Waals surface area contributed by atoms with Crippen molar-refractivity contribution in [1.29, 1.82) is 5.26 Å². The number of carbonyl (C=O) groups excluding carboxylic acids is 1. The van der Waals surface area contributed by atoms with Crippen LogP contribution in [0.3, 0.4) is 0 Å². The van der Waals surface area contributed by atoms with Crippen LogP contribution < -0.4 is 0 Å². The van der Waals surface area contributed by atoms with Gasteiger partial charge < -0.3 is 4.90 Å². The van der Waals surface area contributed by atoms with Crippen LogP contribution in [0.2, 0.25) is 0 Å². The summed E-state index contributed by atoms with van der Waals surface area (Å²) in [5.41, 5.74) is 1.33. The van der Waals surface area contributed by atoms with Gasteiger partial charge in [-0.2, -0.15) is 9.57 Å². The molecule has 0 atom stereocenters. The summed E-state index contributed by atoms with van der Waals surface area (Å²) >= 11 is 0. The van der Waals surface area contributed by atoms with E-state index in [2.05, 4.69) is 17.0 Å². The smallest absolute Gasteiger partial charge is 0.244 e.